The molecule has 3 aromatic rings. The highest BCUT2D eigenvalue weighted by Gasteiger charge is 2.29. The van der Waals surface area contributed by atoms with E-state index in [0.29, 0.717) is 0 Å². The van der Waals surface area contributed by atoms with Crippen molar-refractivity contribution in [2.75, 3.05) is 11.9 Å². The third kappa shape index (κ3) is 3.86. The average molecular weight is 331 g/mol. The summed E-state index contributed by atoms with van der Waals surface area (Å²) in [4.78, 5) is 9.09. The first-order valence-corrected chi connectivity index (χ1v) is 8.67. The van der Waals surface area contributed by atoms with E-state index in [0.717, 1.165) is 31.1 Å². The zero-order valence-electron chi connectivity index (χ0n) is 14.0. The van der Waals surface area contributed by atoms with E-state index in [2.05, 4.69) is 51.7 Å². The Morgan fingerprint density at radius 1 is 0.960 bits per heavy atom. The number of nitrogens with zero attached hydrogens (tertiary/aromatic N) is 2. The highest BCUT2D eigenvalue weighted by molar-refractivity contribution is 5.37. The maximum atomic E-state index is 5.94. The van der Waals surface area contributed by atoms with Crippen LogP contribution in [0.2, 0.25) is 0 Å². The second-order valence-electron chi connectivity index (χ2n) is 6.26. The van der Waals surface area contributed by atoms with E-state index in [1.54, 1.807) is 0 Å². The summed E-state index contributed by atoms with van der Waals surface area (Å²) < 4.78 is 5.94. The Kier molecular flexibility index (Phi) is 4.70. The fraction of sp³-hybridized carbons (Fsp3) is 0.238. The third-order valence-electron chi connectivity index (χ3n) is 4.46. The molecule has 1 aliphatic heterocycles. The van der Waals surface area contributed by atoms with Gasteiger partial charge in [0, 0.05) is 19.2 Å². The minimum absolute atomic E-state index is 0.0636. The minimum atomic E-state index is 0.0636. The van der Waals surface area contributed by atoms with Crippen molar-refractivity contribution in [2.45, 2.75) is 25.0 Å². The van der Waals surface area contributed by atoms with E-state index >= 15 is 0 Å². The van der Waals surface area contributed by atoms with Gasteiger partial charge in [0.2, 0.25) is 0 Å². The molecular formula is C21H21N3O. The van der Waals surface area contributed by atoms with Gasteiger partial charge in [0.1, 0.15) is 17.7 Å². The van der Waals surface area contributed by atoms with Gasteiger partial charge in [0.25, 0.3) is 0 Å². The molecule has 0 amide bonds. The molecule has 2 unspecified atom stereocenters. The second kappa shape index (κ2) is 7.45. The van der Waals surface area contributed by atoms with Gasteiger partial charge >= 0.3 is 0 Å². The summed E-state index contributed by atoms with van der Waals surface area (Å²) >= 11 is 0. The third-order valence-corrected chi connectivity index (χ3v) is 4.46. The Labute approximate surface area is 147 Å². The van der Waals surface area contributed by atoms with Crippen molar-refractivity contribution in [1.29, 1.82) is 0 Å². The van der Waals surface area contributed by atoms with Crippen LogP contribution >= 0.6 is 0 Å². The number of nitrogens with one attached hydrogen (secondary N) is 1. The maximum absolute atomic E-state index is 5.94. The summed E-state index contributed by atoms with van der Waals surface area (Å²) in [6.45, 7) is 0.763. The van der Waals surface area contributed by atoms with Gasteiger partial charge < -0.3 is 10.1 Å². The van der Waals surface area contributed by atoms with E-state index in [4.69, 9.17) is 4.74 Å². The lowest BCUT2D eigenvalue weighted by molar-refractivity contribution is 0.107. The Morgan fingerprint density at radius 2 is 1.72 bits per heavy atom. The molecule has 2 atom stereocenters. The van der Waals surface area contributed by atoms with Gasteiger partial charge in [-0.2, -0.15) is 0 Å². The quantitative estimate of drug-likeness (QED) is 0.767. The smallest absolute Gasteiger partial charge is 0.135 e. The van der Waals surface area contributed by atoms with E-state index in [-0.39, 0.29) is 12.1 Å². The molecule has 1 N–H and O–H groups in total. The van der Waals surface area contributed by atoms with Crippen LogP contribution in [-0.2, 0) is 11.2 Å². The summed E-state index contributed by atoms with van der Waals surface area (Å²) in [5, 5.41) is 3.54. The van der Waals surface area contributed by atoms with Crippen molar-refractivity contribution >= 4 is 5.82 Å². The molecule has 1 saturated heterocycles. The van der Waals surface area contributed by atoms with Gasteiger partial charge in [0.15, 0.2) is 0 Å². The first-order chi connectivity index (χ1) is 12.4. The maximum Gasteiger partial charge on any atom is 0.135 e. The standard InChI is InChI=1S/C21H21N3O/c1-3-7-16(8-4-1)15-20-22-13-11-19(24-20)23-18-12-14-25-21(18)17-9-5-2-6-10-17/h1-11,13,18,21H,12,14-15H2,(H,22,23,24). The molecule has 4 nitrogen and oxygen atoms in total. The van der Waals surface area contributed by atoms with Crippen molar-refractivity contribution in [3.63, 3.8) is 0 Å². The van der Waals surface area contributed by atoms with Crippen LogP contribution in [0.3, 0.4) is 0 Å². The Morgan fingerprint density at radius 3 is 2.52 bits per heavy atom. The first kappa shape index (κ1) is 15.8. The van der Waals surface area contributed by atoms with Crippen LogP contribution in [0.1, 0.15) is 29.5 Å². The van der Waals surface area contributed by atoms with Crippen molar-refractivity contribution in [2.24, 2.45) is 0 Å². The van der Waals surface area contributed by atoms with E-state index in [9.17, 15) is 0 Å². The normalized spacial score (nSPS) is 19.7. The number of aromatic nitrogens is 2. The van der Waals surface area contributed by atoms with Crippen LogP contribution in [-0.4, -0.2) is 22.6 Å². The average Bonchev–Trinajstić information content (AvgIpc) is 3.12. The molecule has 0 radical (unpaired) electrons. The monoisotopic (exact) mass is 331 g/mol. The van der Waals surface area contributed by atoms with Crippen molar-refractivity contribution in [1.82, 2.24) is 9.97 Å². The number of hydrogen-bond donors (Lipinski definition) is 1. The summed E-state index contributed by atoms with van der Waals surface area (Å²) in [6, 6.07) is 22.8. The van der Waals surface area contributed by atoms with Crippen molar-refractivity contribution in [3.8, 4) is 0 Å². The highest BCUT2D eigenvalue weighted by atomic mass is 16.5. The number of rotatable bonds is 5. The number of benzene rings is 2. The molecule has 1 fully saturated rings. The molecule has 0 aliphatic carbocycles. The van der Waals surface area contributed by atoms with Crippen LogP contribution in [0, 0.1) is 0 Å². The summed E-state index contributed by atoms with van der Waals surface area (Å²) in [7, 11) is 0. The van der Waals surface area contributed by atoms with Crippen molar-refractivity contribution < 1.29 is 4.74 Å². The lowest BCUT2D eigenvalue weighted by Crippen LogP contribution is -2.24. The molecule has 0 spiro atoms. The summed E-state index contributed by atoms with van der Waals surface area (Å²) in [6.07, 6.45) is 3.59. The Balaban J connectivity index is 1.48. The van der Waals surface area contributed by atoms with Gasteiger partial charge in [-0.25, -0.2) is 9.97 Å². The molecule has 2 heterocycles. The highest BCUT2D eigenvalue weighted by Crippen LogP contribution is 2.31. The molecule has 4 heteroatoms. The van der Waals surface area contributed by atoms with Gasteiger partial charge in [0.05, 0.1) is 6.04 Å². The predicted molar refractivity (Wildman–Crippen MR) is 98.4 cm³/mol. The molecule has 126 valence electrons. The van der Waals surface area contributed by atoms with Crippen LogP contribution in [0.5, 0.6) is 0 Å². The van der Waals surface area contributed by atoms with Gasteiger partial charge in [-0.3, -0.25) is 0 Å². The lowest BCUT2D eigenvalue weighted by atomic mass is 10.0. The van der Waals surface area contributed by atoms with E-state index < -0.39 is 0 Å². The predicted octanol–water partition coefficient (Wildman–Crippen LogP) is 4.01. The van der Waals surface area contributed by atoms with Crippen molar-refractivity contribution in [3.05, 3.63) is 89.9 Å². The van der Waals surface area contributed by atoms with Crippen LogP contribution < -0.4 is 5.32 Å². The SMILES string of the molecule is c1ccc(Cc2nccc(NC3CCOC3c3ccccc3)n2)cc1. The van der Waals surface area contributed by atoms with E-state index in [1.807, 2.05) is 36.5 Å². The fourth-order valence-electron chi connectivity index (χ4n) is 3.24. The largest absolute Gasteiger partial charge is 0.371 e. The lowest BCUT2D eigenvalue weighted by Gasteiger charge is -2.21. The second-order valence-corrected chi connectivity index (χ2v) is 6.26. The van der Waals surface area contributed by atoms with Gasteiger partial charge in [-0.1, -0.05) is 60.7 Å². The minimum Gasteiger partial charge on any atom is -0.371 e. The summed E-state index contributed by atoms with van der Waals surface area (Å²) in [5.41, 5.74) is 2.42. The van der Waals surface area contributed by atoms with Gasteiger partial charge in [-0.15, -0.1) is 0 Å². The number of hydrogen-bond acceptors (Lipinski definition) is 4. The Bertz CT molecular complexity index is 808. The van der Waals surface area contributed by atoms with E-state index in [1.165, 1.54) is 11.1 Å². The zero-order valence-corrected chi connectivity index (χ0v) is 14.0. The van der Waals surface area contributed by atoms with Gasteiger partial charge in [-0.05, 0) is 23.6 Å². The van der Waals surface area contributed by atoms with Crippen LogP contribution in [0.4, 0.5) is 5.82 Å². The number of anilines is 1. The molecule has 4 rings (SSSR count). The fourth-order valence-corrected chi connectivity index (χ4v) is 3.24. The summed E-state index contributed by atoms with van der Waals surface area (Å²) in [5.74, 6) is 1.68. The molecular weight excluding hydrogens is 310 g/mol. The molecule has 1 aliphatic rings. The molecule has 25 heavy (non-hydrogen) atoms. The topological polar surface area (TPSA) is 47.0 Å². The molecule has 2 aromatic carbocycles. The first-order valence-electron chi connectivity index (χ1n) is 8.67. The Hall–Kier alpha value is -2.72. The van der Waals surface area contributed by atoms with Crippen LogP contribution in [0.25, 0.3) is 0 Å². The van der Waals surface area contributed by atoms with Crippen LogP contribution in [0.15, 0.2) is 72.9 Å². The molecule has 0 bridgehead atoms. The molecule has 0 saturated carbocycles. The number of ether oxygens (including phenoxy) is 1. The molecule has 1 aromatic heterocycles. The zero-order chi connectivity index (χ0) is 16.9.